The molecule has 0 bridgehead atoms. The summed E-state index contributed by atoms with van der Waals surface area (Å²) in [5.41, 5.74) is 1.80. The lowest BCUT2D eigenvalue weighted by Crippen LogP contribution is -2.16. The van der Waals surface area contributed by atoms with Crippen molar-refractivity contribution in [2.24, 2.45) is 0 Å². The van der Waals surface area contributed by atoms with Crippen LogP contribution in [0, 0.1) is 0 Å². The number of benzene rings is 2. The number of methoxy groups -OCH3 is 1. The zero-order valence-corrected chi connectivity index (χ0v) is 11.0. The maximum atomic E-state index is 12.1. The Morgan fingerprint density at radius 1 is 1.00 bits per heavy atom. The summed E-state index contributed by atoms with van der Waals surface area (Å²) in [4.78, 5) is 10.8. The van der Waals surface area contributed by atoms with Gasteiger partial charge in [0, 0.05) is 0 Å². The first-order valence-electron chi connectivity index (χ1n) is 5.92. The summed E-state index contributed by atoms with van der Waals surface area (Å²) < 4.78 is 45.1. The van der Waals surface area contributed by atoms with Gasteiger partial charge in [0.1, 0.15) is 11.5 Å². The van der Waals surface area contributed by atoms with E-state index in [9.17, 15) is 18.0 Å². The highest BCUT2D eigenvalue weighted by Crippen LogP contribution is 2.29. The SMILES string of the molecule is COc1cc(-c2ccc(OC(F)(F)F)cc2)ccc1C=O. The van der Waals surface area contributed by atoms with Crippen molar-refractivity contribution in [2.45, 2.75) is 6.36 Å². The molecule has 110 valence electrons. The largest absolute Gasteiger partial charge is 0.573 e. The normalized spacial score (nSPS) is 11.0. The molecule has 2 rings (SSSR count). The highest BCUT2D eigenvalue weighted by Gasteiger charge is 2.30. The van der Waals surface area contributed by atoms with Gasteiger partial charge in [0.2, 0.25) is 0 Å². The van der Waals surface area contributed by atoms with Crippen LogP contribution in [0.15, 0.2) is 42.5 Å². The molecule has 0 aromatic heterocycles. The number of rotatable bonds is 4. The molecule has 0 aliphatic rings. The molecule has 0 spiro atoms. The van der Waals surface area contributed by atoms with E-state index < -0.39 is 6.36 Å². The summed E-state index contributed by atoms with van der Waals surface area (Å²) in [6.45, 7) is 0. The zero-order chi connectivity index (χ0) is 15.5. The van der Waals surface area contributed by atoms with Gasteiger partial charge in [0.15, 0.2) is 6.29 Å². The number of hydrogen-bond acceptors (Lipinski definition) is 3. The average Bonchev–Trinajstić information content (AvgIpc) is 2.45. The van der Waals surface area contributed by atoms with Crippen molar-refractivity contribution < 1.29 is 27.4 Å². The molecule has 0 atom stereocenters. The maximum Gasteiger partial charge on any atom is 0.573 e. The molecule has 0 unspecified atom stereocenters. The van der Waals surface area contributed by atoms with Crippen molar-refractivity contribution in [1.29, 1.82) is 0 Å². The predicted molar refractivity (Wildman–Crippen MR) is 70.5 cm³/mol. The first-order valence-corrected chi connectivity index (χ1v) is 5.92. The first kappa shape index (κ1) is 14.9. The van der Waals surface area contributed by atoms with Crippen molar-refractivity contribution in [3.63, 3.8) is 0 Å². The summed E-state index contributed by atoms with van der Waals surface area (Å²) in [7, 11) is 1.44. The Kier molecular flexibility index (Phi) is 4.16. The molecule has 0 amide bonds. The molecule has 0 radical (unpaired) electrons. The lowest BCUT2D eigenvalue weighted by atomic mass is 10.0. The molecule has 0 heterocycles. The Bertz CT molecular complexity index is 634. The number of hydrogen-bond donors (Lipinski definition) is 0. The van der Waals surface area contributed by atoms with Gasteiger partial charge in [0.05, 0.1) is 12.7 Å². The Labute approximate surface area is 118 Å². The van der Waals surface area contributed by atoms with Gasteiger partial charge in [-0.15, -0.1) is 13.2 Å². The molecule has 0 saturated carbocycles. The van der Waals surface area contributed by atoms with E-state index in [4.69, 9.17) is 4.74 Å². The second kappa shape index (κ2) is 5.87. The van der Waals surface area contributed by atoms with E-state index in [-0.39, 0.29) is 5.75 Å². The number of carbonyl (C=O) groups is 1. The van der Waals surface area contributed by atoms with Crippen LogP contribution in [0.1, 0.15) is 10.4 Å². The number of alkyl halides is 3. The third kappa shape index (κ3) is 3.75. The third-order valence-corrected chi connectivity index (χ3v) is 2.78. The van der Waals surface area contributed by atoms with Crippen molar-refractivity contribution >= 4 is 6.29 Å². The fourth-order valence-corrected chi connectivity index (χ4v) is 1.84. The van der Waals surface area contributed by atoms with Crippen LogP contribution >= 0.6 is 0 Å². The predicted octanol–water partition coefficient (Wildman–Crippen LogP) is 4.07. The van der Waals surface area contributed by atoms with Gasteiger partial charge in [-0.3, -0.25) is 4.79 Å². The minimum absolute atomic E-state index is 0.289. The molecular weight excluding hydrogens is 285 g/mol. The van der Waals surface area contributed by atoms with Gasteiger partial charge in [-0.2, -0.15) is 0 Å². The van der Waals surface area contributed by atoms with E-state index in [0.29, 0.717) is 23.2 Å². The monoisotopic (exact) mass is 296 g/mol. The van der Waals surface area contributed by atoms with Crippen LogP contribution in [0.4, 0.5) is 13.2 Å². The Hall–Kier alpha value is -2.50. The fourth-order valence-electron chi connectivity index (χ4n) is 1.84. The topological polar surface area (TPSA) is 35.5 Å². The van der Waals surface area contributed by atoms with Gasteiger partial charge < -0.3 is 9.47 Å². The molecule has 0 saturated heterocycles. The zero-order valence-electron chi connectivity index (χ0n) is 11.0. The molecule has 0 aliphatic carbocycles. The fraction of sp³-hybridized carbons (Fsp3) is 0.133. The minimum Gasteiger partial charge on any atom is -0.496 e. The van der Waals surface area contributed by atoms with Gasteiger partial charge in [0.25, 0.3) is 0 Å². The lowest BCUT2D eigenvalue weighted by molar-refractivity contribution is -0.274. The van der Waals surface area contributed by atoms with Gasteiger partial charge in [-0.05, 0) is 35.4 Å². The Morgan fingerprint density at radius 2 is 1.62 bits per heavy atom. The number of carbonyl (C=O) groups excluding carboxylic acids is 1. The first-order chi connectivity index (χ1) is 9.93. The Morgan fingerprint density at radius 3 is 2.14 bits per heavy atom. The smallest absolute Gasteiger partial charge is 0.496 e. The van der Waals surface area contributed by atoms with E-state index in [1.54, 1.807) is 18.2 Å². The molecule has 3 nitrogen and oxygen atoms in total. The number of halogens is 3. The number of aldehydes is 1. The summed E-state index contributed by atoms with van der Waals surface area (Å²) in [5.74, 6) is 0.112. The summed E-state index contributed by atoms with van der Waals surface area (Å²) in [5, 5.41) is 0. The molecule has 21 heavy (non-hydrogen) atoms. The van der Waals surface area contributed by atoms with Gasteiger partial charge >= 0.3 is 6.36 Å². The van der Waals surface area contributed by atoms with Gasteiger partial charge in [-0.1, -0.05) is 18.2 Å². The van der Waals surface area contributed by atoms with E-state index in [2.05, 4.69) is 4.74 Å². The highest BCUT2D eigenvalue weighted by atomic mass is 19.4. The Balaban J connectivity index is 2.28. The summed E-state index contributed by atoms with van der Waals surface area (Å²) in [6, 6.07) is 10.4. The van der Waals surface area contributed by atoms with E-state index >= 15 is 0 Å². The lowest BCUT2D eigenvalue weighted by Gasteiger charge is -2.10. The highest BCUT2D eigenvalue weighted by molar-refractivity contribution is 5.81. The molecular formula is C15H11F3O3. The quantitative estimate of drug-likeness (QED) is 0.798. The van der Waals surface area contributed by atoms with Crippen LogP contribution in [-0.2, 0) is 0 Å². The average molecular weight is 296 g/mol. The minimum atomic E-state index is -4.71. The van der Waals surface area contributed by atoms with E-state index in [1.165, 1.54) is 31.4 Å². The molecule has 2 aromatic carbocycles. The van der Waals surface area contributed by atoms with Crippen LogP contribution in [0.2, 0.25) is 0 Å². The summed E-state index contributed by atoms with van der Waals surface area (Å²) in [6.07, 6.45) is -4.04. The molecule has 2 aromatic rings. The van der Waals surface area contributed by atoms with E-state index in [0.717, 1.165) is 5.56 Å². The summed E-state index contributed by atoms with van der Waals surface area (Å²) >= 11 is 0. The van der Waals surface area contributed by atoms with Crippen LogP contribution in [-0.4, -0.2) is 19.8 Å². The van der Waals surface area contributed by atoms with Crippen molar-refractivity contribution in [3.05, 3.63) is 48.0 Å². The van der Waals surface area contributed by atoms with Crippen molar-refractivity contribution in [2.75, 3.05) is 7.11 Å². The van der Waals surface area contributed by atoms with Crippen LogP contribution in [0.3, 0.4) is 0 Å². The van der Waals surface area contributed by atoms with Crippen molar-refractivity contribution in [1.82, 2.24) is 0 Å². The second-order valence-electron chi connectivity index (χ2n) is 4.15. The van der Waals surface area contributed by atoms with Gasteiger partial charge in [-0.25, -0.2) is 0 Å². The molecule has 0 N–H and O–H groups in total. The molecule has 0 aliphatic heterocycles. The van der Waals surface area contributed by atoms with Crippen LogP contribution in [0.5, 0.6) is 11.5 Å². The number of ether oxygens (including phenoxy) is 2. The van der Waals surface area contributed by atoms with Crippen LogP contribution in [0.25, 0.3) is 11.1 Å². The van der Waals surface area contributed by atoms with Crippen molar-refractivity contribution in [3.8, 4) is 22.6 Å². The van der Waals surface area contributed by atoms with Crippen LogP contribution < -0.4 is 9.47 Å². The maximum absolute atomic E-state index is 12.1. The molecule has 0 fully saturated rings. The second-order valence-corrected chi connectivity index (χ2v) is 4.15. The standard InChI is InChI=1S/C15H11F3O3/c1-20-14-8-11(2-3-12(14)9-19)10-4-6-13(7-5-10)21-15(16,17)18/h2-9H,1H3. The van der Waals surface area contributed by atoms with E-state index in [1.807, 2.05) is 0 Å². The third-order valence-electron chi connectivity index (χ3n) is 2.78. The molecule has 6 heteroatoms.